The number of aromatic nitrogens is 5. The van der Waals surface area contributed by atoms with E-state index < -0.39 is 20.8 Å². The lowest BCUT2D eigenvalue weighted by molar-refractivity contribution is -0.0494. The first-order chi connectivity index (χ1) is 17.9. The molecule has 0 spiro atoms. The predicted molar refractivity (Wildman–Crippen MR) is 146 cm³/mol. The minimum absolute atomic E-state index is 0.0433. The summed E-state index contributed by atoms with van der Waals surface area (Å²) < 4.78 is 41.1. The van der Waals surface area contributed by atoms with Crippen molar-refractivity contribution in [1.82, 2.24) is 24.4 Å². The molecule has 4 rings (SSSR count). The molecular formula is C25H29BrF2N6O3Si. The van der Waals surface area contributed by atoms with Crippen LogP contribution in [0.25, 0.3) is 16.9 Å². The van der Waals surface area contributed by atoms with Crippen LogP contribution in [0.15, 0.2) is 53.5 Å². The largest absolute Gasteiger partial charge is 0.434 e. The van der Waals surface area contributed by atoms with Gasteiger partial charge in [0, 0.05) is 28.6 Å². The summed E-state index contributed by atoms with van der Waals surface area (Å²) >= 11 is 3.38. The number of benzene rings is 1. The van der Waals surface area contributed by atoms with Gasteiger partial charge in [0.15, 0.2) is 14.0 Å². The van der Waals surface area contributed by atoms with Crippen molar-refractivity contribution >= 4 is 41.5 Å². The zero-order valence-electron chi connectivity index (χ0n) is 21.7. The van der Waals surface area contributed by atoms with Crippen LogP contribution >= 0.6 is 15.9 Å². The molecule has 0 unspecified atom stereocenters. The Labute approximate surface area is 228 Å². The monoisotopic (exact) mass is 606 g/mol. The number of carbonyl (C=O) groups excluding carboxylic acids is 1. The van der Waals surface area contributed by atoms with E-state index in [1.54, 1.807) is 41.5 Å². The Bertz CT molecular complexity index is 1450. The molecule has 13 heteroatoms. The summed E-state index contributed by atoms with van der Waals surface area (Å²) in [5.41, 5.74) is 1.51. The summed E-state index contributed by atoms with van der Waals surface area (Å²) in [5.74, 6) is -0.539. The molecule has 0 bridgehead atoms. The van der Waals surface area contributed by atoms with Gasteiger partial charge < -0.3 is 14.5 Å². The third-order valence-corrected chi connectivity index (χ3v) is 11.6. The zero-order valence-corrected chi connectivity index (χ0v) is 24.3. The van der Waals surface area contributed by atoms with Gasteiger partial charge in [-0.25, -0.2) is 9.50 Å². The van der Waals surface area contributed by atoms with Gasteiger partial charge in [-0.3, -0.25) is 9.48 Å². The van der Waals surface area contributed by atoms with E-state index in [2.05, 4.69) is 70.3 Å². The number of nitrogens with one attached hydrogen (secondary N) is 1. The third kappa shape index (κ3) is 6.10. The summed E-state index contributed by atoms with van der Waals surface area (Å²) in [6, 6.07) is 6.33. The Balaban J connectivity index is 1.69. The second kappa shape index (κ2) is 10.9. The minimum atomic E-state index is -3.03. The maximum Gasteiger partial charge on any atom is 0.387 e. The van der Waals surface area contributed by atoms with Crippen molar-refractivity contribution in [3.8, 4) is 17.0 Å². The Morgan fingerprint density at radius 3 is 2.74 bits per heavy atom. The average Bonchev–Trinajstić information content (AvgIpc) is 3.43. The average molecular weight is 608 g/mol. The van der Waals surface area contributed by atoms with Gasteiger partial charge in [-0.15, -0.1) is 0 Å². The van der Waals surface area contributed by atoms with E-state index in [1.165, 1.54) is 16.8 Å². The number of halogens is 3. The normalized spacial score (nSPS) is 12.3. The van der Waals surface area contributed by atoms with Crippen molar-refractivity contribution < 1.29 is 22.7 Å². The highest BCUT2D eigenvalue weighted by Gasteiger charge is 2.37. The summed E-state index contributed by atoms with van der Waals surface area (Å²) in [4.78, 5) is 17.5. The van der Waals surface area contributed by atoms with Crippen molar-refractivity contribution in [2.24, 2.45) is 0 Å². The molecular weight excluding hydrogens is 578 g/mol. The number of alkyl halides is 2. The van der Waals surface area contributed by atoms with Crippen molar-refractivity contribution in [2.75, 3.05) is 11.9 Å². The van der Waals surface area contributed by atoms with Gasteiger partial charge in [0.1, 0.15) is 17.0 Å². The van der Waals surface area contributed by atoms with Gasteiger partial charge in [-0.05, 0) is 42.4 Å². The van der Waals surface area contributed by atoms with Crippen LogP contribution in [0.2, 0.25) is 18.1 Å². The Hall–Kier alpha value is -3.16. The smallest absolute Gasteiger partial charge is 0.387 e. The van der Waals surface area contributed by atoms with Crippen LogP contribution in [0.4, 0.5) is 14.5 Å². The number of rotatable bonds is 9. The topological polar surface area (TPSA) is 95.6 Å². The van der Waals surface area contributed by atoms with Gasteiger partial charge in [-0.2, -0.15) is 19.0 Å². The van der Waals surface area contributed by atoms with Gasteiger partial charge >= 0.3 is 6.61 Å². The Morgan fingerprint density at radius 2 is 2.03 bits per heavy atom. The van der Waals surface area contributed by atoms with Gasteiger partial charge in [0.25, 0.3) is 5.91 Å². The number of fused-ring (bicyclic) bond motifs is 1. The molecule has 9 nitrogen and oxygen atoms in total. The summed E-state index contributed by atoms with van der Waals surface area (Å²) in [6.07, 6.45) is 6.31. The standard InChI is InChI=1S/C25H29BrF2N6O3Si/c1-25(2,3)38(4,5)36-12-11-33-15-19(31-23(35)18-14-30-34-10-6-9-29-22(18)34)21(32-33)17-13-16(26)7-8-20(17)37-24(27)28/h6-10,13-15,24H,11-12H2,1-5H3,(H,31,35). The molecule has 0 aliphatic heterocycles. The molecule has 0 saturated heterocycles. The van der Waals surface area contributed by atoms with Gasteiger partial charge in [-0.1, -0.05) is 36.7 Å². The fourth-order valence-corrected chi connectivity index (χ4v) is 4.90. The van der Waals surface area contributed by atoms with Crippen LogP contribution in [0, 0.1) is 0 Å². The molecule has 0 saturated carbocycles. The van der Waals surface area contributed by atoms with Crippen molar-refractivity contribution in [1.29, 1.82) is 0 Å². The number of carbonyl (C=O) groups is 1. The Morgan fingerprint density at radius 1 is 1.26 bits per heavy atom. The predicted octanol–water partition coefficient (Wildman–Crippen LogP) is 6.23. The zero-order chi connectivity index (χ0) is 27.7. The maximum absolute atomic E-state index is 13.2. The molecule has 38 heavy (non-hydrogen) atoms. The minimum Gasteiger partial charge on any atom is -0.434 e. The van der Waals surface area contributed by atoms with Crippen molar-refractivity contribution in [3.63, 3.8) is 0 Å². The molecule has 3 heterocycles. The van der Waals surface area contributed by atoms with Crippen molar-refractivity contribution in [3.05, 3.63) is 59.1 Å². The number of nitrogens with zero attached hydrogens (tertiary/aromatic N) is 5. The van der Waals surface area contributed by atoms with Crippen LogP contribution < -0.4 is 10.1 Å². The number of anilines is 1. The summed E-state index contributed by atoms with van der Waals surface area (Å²) in [5, 5.41) is 11.7. The third-order valence-electron chi connectivity index (χ3n) is 6.54. The van der Waals surface area contributed by atoms with Crippen LogP contribution in [-0.2, 0) is 11.0 Å². The number of ether oxygens (including phenoxy) is 1. The van der Waals surface area contributed by atoms with Crippen LogP contribution in [0.3, 0.4) is 0 Å². The lowest BCUT2D eigenvalue weighted by Gasteiger charge is -2.36. The first-order valence-corrected chi connectivity index (χ1v) is 15.6. The van der Waals surface area contributed by atoms with Gasteiger partial charge in [0.2, 0.25) is 0 Å². The van der Waals surface area contributed by atoms with Crippen LogP contribution in [0.5, 0.6) is 5.75 Å². The first kappa shape index (κ1) is 27.9. The SMILES string of the molecule is CC(C)(C)[Si](C)(C)OCCn1cc(NC(=O)c2cnn3cccnc23)c(-c2cc(Br)ccc2OC(F)F)n1. The highest BCUT2D eigenvalue weighted by molar-refractivity contribution is 9.10. The number of amides is 1. The van der Waals surface area contributed by atoms with E-state index in [9.17, 15) is 13.6 Å². The van der Waals surface area contributed by atoms with E-state index in [0.717, 1.165) is 0 Å². The lowest BCUT2D eigenvalue weighted by atomic mass is 10.1. The first-order valence-electron chi connectivity index (χ1n) is 11.9. The quantitative estimate of drug-likeness (QED) is 0.227. The molecule has 1 amide bonds. The van der Waals surface area contributed by atoms with Crippen molar-refractivity contribution in [2.45, 2.75) is 52.1 Å². The molecule has 0 atom stereocenters. The number of hydrogen-bond donors (Lipinski definition) is 1. The maximum atomic E-state index is 13.2. The molecule has 0 aliphatic rings. The number of hydrogen-bond acceptors (Lipinski definition) is 6. The molecule has 0 radical (unpaired) electrons. The highest BCUT2D eigenvalue weighted by atomic mass is 79.9. The highest BCUT2D eigenvalue weighted by Crippen LogP contribution is 2.38. The molecule has 0 fully saturated rings. The Kier molecular flexibility index (Phi) is 8.00. The molecule has 0 aliphatic carbocycles. The van der Waals surface area contributed by atoms with Crippen LogP contribution in [-0.4, -0.2) is 51.8 Å². The van der Waals surface area contributed by atoms with Gasteiger partial charge in [0.05, 0.1) is 25.0 Å². The van der Waals surface area contributed by atoms with E-state index in [-0.39, 0.29) is 27.6 Å². The van der Waals surface area contributed by atoms with Crippen LogP contribution in [0.1, 0.15) is 31.1 Å². The lowest BCUT2D eigenvalue weighted by Crippen LogP contribution is -2.41. The second-order valence-corrected chi connectivity index (χ2v) is 15.9. The fourth-order valence-electron chi connectivity index (χ4n) is 3.50. The van der Waals surface area contributed by atoms with E-state index >= 15 is 0 Å². The molecule has 3 aromatic heterocycles. The summed E-state index contributed by atoms with van der Waals surface area (Å²) in [7, 11) is -1.99. The summed E-state index contributed by atoms with van der Waals surface area (Å²) in [6.45, 7) is 8.57. The molecule has 4 aromatic rings. The fraction of sp³-hybridized carbons (Fsp3) is 0.360. The second-order valence-electron chi connectivity index (χ2n) is 10.2. The molecule has 202 valence electrons. The van der Waals surface area contributed by atoms with E-state index in [0.29, 0.717) is 29.0 Å². The van der Waals surface area contributed by atoms with E-state index in [1.807, 2.05) is 0 Å². The molecule has 1 N–H and O–H groups in total. The molecule has 1 aromatic carbocycles. The van der Waals surface area contributed by atoms with E-state index in [4.69, 9.17) is 9.16 Å².